The van der Waals surface area contributed by atoms with Crippen molar-refractivity contribution in [3.63, 3.8) is 0 Å². The number of aromatic nitrogens is 2. The Morgan fingerprint density at radius 3 is 2.75 bits per heavy atom. The lowest BCUT2D eigenvalue weighted by molar-refractivity contribution is -0.131. The monoisotopic (exact) mass is 431 g/mol. The van der Waals surface area contributed by atoms with Gasteiger partial charge in [0.1, 0.15) is 23.8 Å². The van der Waals surface area contributed by atoms with E-state index in [1.807, 2.05) is 42.2 Å². The molecule has 8 heteroatoms. The van der Waals surface area contributed by atoms with Gasteiger partial charge in [-0.2, -0.15) is 10.2 Å². The molecule has 0 bridgehead atoms. The topological polar surface area (TPSA) is 105 Å². The zero-order valence-electron chi connectivity index (χ0n) is 17.5. The highest BCUT2D eigenvalue weighted by molar-refractivity contribution is 5.86. The third kappa shape index (κ3) is 4.58. The molecule has 4 rings (SSSR count). The van der Waals surface area contributed by atoms with Gasteiger partial charge in [0.05, 0.1) is 30.5 Å². The Labute approximate surface area is 185 Å². The summed E-state index contributed by atoms with van der Waals surface area (Å²) in [7, 11) is 0. The van der Waals surface area contributed by atoms with Gasteiger partial charge >= 0.3 is 0 Å². The van der Waals surface area contributed by atoms with Crippen LogP contribution in [0.25, 0.3) is 11.3 Å². The van der Waals surface area contributed by atoms with Gasteiger partial charge in [0.15, 0.2) is 5.78 Å². The lowest BCUT2D eigenvalue weighted by atomic mass is 10.0. The van der Waals surface area contributed by atoms with Crippen LogP contribution in [-0.2, 0) is 16.0 Å². The van der Waals surface area contributed by atoms with Crippen molar-refractivity contribution in [3.8, 4) is 17.3 Å². The Hall–Kier alpha value is -3.83. The molecule has 3 aromatic rings. The number of ketones is 1. The smallest absolute Gasteiger partial charge is 0.222 e. The molecule has 2 N–H and O–H groups in total. The van der Waals surface area contributed by atoms with Crippen molar-refractivity contribution >= 4 is 17.5 Å². The van der Waals surface area contributed by atoms with Crippen LogP contribution in [0.3, 0.4) is 0 Å². The number of nitrogens with two attached hydrogens (primary N) is 1. The average molecular weight is 431 g/mol. The molecule has 1 aromatic heterocycles. The SMILES string of the molecule is C[C@@H]1CO[C@H](C(=O)Cc2ccccc2)CN1c1cc(-c2ccc(C#N)c(F)c2)nc(N)n1. The predicted octanol–water partition coefficient (Wildman–Crippen LogP) is 3.14. The van der Waals surface area contributed by atoms with E-state index in [4.69, 9.17) is 15.7 Å². The predicted molar refractivity (Wildman–Crippen MR) is 118 cm³/mol. The lowest BCUT2D eigenvalue weighted by Gasteiger charge is -2.38. The third-order valence-electron chi connectivity index (χ3n) is 5.42. The van der Waals surface area contributed by atoms with Crippen molar-refractivity contribution in [2.75, 3.05) is 23.8 Å². The summed E-state index contributed by atoms with van der Waals surface area (Å²) in [5.41, 5.74) is 7.75. The van der Waals surface area contributed by atoms with Gasteiger partial charge in [-0.1, -0.05) is 36.4 Å². The number of Topliss-reactive ketones (excluding diaryl/α,β-unsaturated/α-hetero) is 1. The summed E-state index contributed by atoms with van der Waals surface area (Å²) in [5.74, 6) is -0.0711. The average Bonchev–Trinajstić information content (AvgIpc) is 2.79. The number of hydrogen-bond donors (Lipinski definition) is 1. The number of carbonyl (C=O) groups is 1. The minimum absolute atomic E-state index is 0.00971. The van der Waals surface area contributed by atoms with Crippen LogP contribution < -0.4 is 10.6 Å². The van der Waals surface area contributed by atoms with E-state index >= 15 is 0 Å². The number of carbonyl (C=O) groups excluding carboxylic acids is 1. The number of hydrogen-bond acceptors (Lipinski definition) is 7. The van der Waals surface area contributed by atoms with Crippen molar-refractivity contribution in [1.82, 2.24) is 9.97 Å². The maximum absolute atomic E-state index is 14.1. The van der Waals surface area contributed by atoms with Crippen LogP contribution in [0.1, 0.15) is 18.1 Å². The highest BCUT2D eigenvalue weighted by atomic mass is 19.1. The molecule has 7 nitrogen and oxygen atoms in total. The first-order chi connectivity index (χ1) is 15.4. The molecule has 0 amide bonds. The summed E-state index contributed by atoms with van der Waals surface area (Å²) < 4.78 is 19.9. The first kappa shape index (κ1) is 21.4. The van der Waals surface area contributed by atoms with E-state index in [1.165, 1.54) is 12.1 Å². The van der Waals surface area contributed by atoms with Gasteiger partial charge in [0.25, 0.3) is 0 Å². The van der Waals surface area contributed by atoms with Gasteiger partial charge < -0.3 is 15.4 Å². The van der Waals surface area contributed by atoms with Gasteiger partial charge in [0.2, 0.25) is 5.95 Å². The van der Waals surface area contributed by atoms with Crippen molar-refractivity contribution in [2.45, 2.75) is 25.5 Å². The molecule has 1 aliphatic heterocycles. The Morgan fingerprint density at radius 2 is 2.03 bits per heavy atom. The Morgan fingerprint density at radius 1 is 1.25 bits per heavy atom. The van der Waals surface area contributed by atoms with E-state index in [1.54, 1.807) is 18.2 Å². The normalized spacial score (nSPS) is 18.2. The first-order valence-corrected chi connectivity index (χ1v) is 10.2. The number of halogens is 1. The second-order valence-corrected chi connectivity index (χ2v) is 7.73. The molecule has 1 fully saturated rings. The fraction of sp³-hybridized carbons (Fsp3) is 0.250. The molecule has 0 spiro atoms. The van der Waals surface area contributed by atoms with Gasteiger partial charge in [-0.05, 0) is 24.6 Å². The maximum atomic E-state index is 14.1. The summed E-state index contributed by atoms with van der Waals surface area (Å²) in [6, 6.07) is 17.3. The van der Waals surface area contributed by atoms with Crippen molar-refractivity contribution in [1.29, 1.82) is 5.26 Å². The summed E-state index contributed by atoms with van der Waals surface area (Å²) in [4.78, 5) is 23.4. The number of nitrogens with zero attached hydrogens (tertiary/aromatic N) is 4. The van der Waals surface area contributed by atoms with Gasteiger partial charge in [-0.25, -0.2) is 9.37 Å². The largest absolute Gasteiger partial charge is 0.368 e. The van der Waals surface area contributed by atoms with E-state index in [2.05, 4.69) is 9.97 Å². The summed E-state index contributed by atoms with van der Waals surface area (Å²) in [6.45, 7) is 2.65. The fourth-order valence-electron chi connectivity index (χ4n) is 3.69. The van der Waals surface area contributed by atoms with Crippen LogP contribution in [0.5, 0.6) is 0 Å². The van der Waals surface area contributed by atoms with E-state index in [0.29, 0.717) is 30.2 Å². The highest BCUT2D eigenvalue weighted by Crippen LogP contribution is 2.27. The van der Waals surface area contributed by atoms with Crippen LogP contribution in [0.4, 0.5) is 16.2 Å². The molecule has 0 radical (unpaired) electrons. The summed E-state index contributed by atoms with van der Waals surface area (Å²) in [5, 5.41) is 8.95. The number of nitriles is 1. The second-order valence-electron chi connectivity index (χ2n) is 7.73. The van der Waals surface area contributed by atoms with Gasteiger partial charge in [-0.15, -0.1) is 0 Å². The van der Waals surface area contributed by atoms with Crippen LogP contribution >= 0.6 is 0 Å². The number of anilines is 2. The van der Waals surface area contributed by atoms with Gasteiger partial charge in [-0.3, -0.25) is 4.79 Å². The van der Waals surface area contributed by atoms with E-state index in [9.17, 15) is 9.18 Å². The van der Waals surface area contributed by atoms with Crippen LogP contribution in [0.2, 0.25) is 0 Å². The van der Waals surface area contributed by atoms with Crippen LogP contribution in [0, 0.1) is 17.1 Å². The molecule has 2 heterocycles. The first-order valence-electron chi connectivity index (χ1n) is 10.2. The molecule has 1 aliphatic rings. The molecule has 162 valence electrons. The molecule has 32 heavy (non-hydrogen) atoms. The maximum Gasteiger partial charge on any atom is 0.222 e. The standard InChI is InChI=1S/C24H22FN5O2/c1-15-14-32-22(21(31)9-16-5-3-2-4-6-16)13-30(15)23-11-20(28-24(27)29-23)17-7-8-18(12-26)19(25)10-17/h2-8,10-11,15,22H,9,13-14H2,1H3,(H2,27,28,29)/t15-,22+/m1/s1. The number of ether oxygens (including phenoxy) is 1. The molecule has 0 aliphatic carbocycles. The zero-order chi connectivity index (χ0) is 22.7. The Kier molecular flexibility index (Phi) is 6.10. The second kappa shape index (κ2) is 9.12. The molecular formula is C24H22FN5O2. The Balaban J connectivity index is 1.58. The van der Waals surface area contributed by atoms with Crippen LogP contribution in [0.15, 0.2) is 54.6 Å². The minimum atomic E-state index is -0.630. The van der Waals surface area contributed by atoms with E-state index in [-0.39, 0.29) is 29.8 Å². The van der Waals surface area contributed by atoms with E-state index < -0.39 is 11.9 Å². The van der Waals surface area contributed by atoms with Crippen LogP contribution in [-0.4, -0.2) is 41.0 Å². The molecule has 0 unspecified atom stereocenters. The minimum Gasteiger partial charge on any atom is -0.368 e. The molecular weight excluding hydrogens is 409 g/mol. The number of benzene rings is 2. The number of morpholine rings is 1. The van der Waals surface area contributed by atoms with Crippen molar-refractivity contribution < 1.29 is 13.9 Å². The number of rotatable bonds is 5. The third-order valence-corrected chi connectivity index (χ3v) is 5.42. The Bertz CT molecular complexity index is 1180. The van der Waals surface area contributed by atoms with Crippen molar-refractivity contribution in [3.05, 3.63) is 71.5 Å². The molecule has 2 atom stereocenters. The molecule has 1 saturated heterocycles. The zero-order valence-corrected chi connectivity index (χ0v) is 17.5. The van der Waals surface area contributed by atoms with E-state index in [0.717, 1.165) is 5.56 Å². The lowest BCUT2D eigenvalue weighted by Crippen LogP contribution is -2.51. The van der Waals surface area contributed by atoms with Crippen molar-refractivity contribution in [2.24, 2.45) is 0 Å². The summed E-state index contributed by atoms with van der Waals surface area (Å²) in [6.07, 6.45) is -0.312. The molecule has 2 aromatic carbocycles. The fourth-order valence-corrected chi connectivity index (χ4v) is 3.69. The summed E-state index contributed by atoms with van der Waals surface area (Å²) >= 11 is 0. The van der Waals surface area contributed by atoms with Gasteiger partial charge in [0, 0.05) is 18.1 Å². The highest BCUT2D eigenvalue weighted by Gasteiger charge is 2.32. The quantitative estimate of drug-likeness (QED) is 0.662. The molecule has 0 saturated carbocycles. The number of nitrogen functional groups attached to an aromatic ring is 1.